The van der Waals surface area contributed by atoms with Gasteiger partial charge in [0.05, 0.1) is 17.1 Å². The molecule has 20 heavy (non-hydrogen) atoms. The highest BCUT2D eigenvalue weighted by atomic mass is 32.1. The van der Waals surface area contributed by atoms with E-state index in [2.05, 4.69) is 39.2 Å². The first kappa shape index (κ1) is 13.2. The molecule has 0 saturated carbocycles. The van der Waals surface area contributed by atoms with Gasteiger partial charge in [-0.1, -0.05) is 28.8 Å². The summed E-state index contributed by atoms with van der Waals surface area (Å²) in [6.45, 7) is 2.45. The van der Waals surface area contributed by atoms with Crippen molar-refractivity contribution in [1.29, 1.82) is 0 Å². The summed E-state index contributed by atoms with van der Waals surface area (Å²) in [4.78, 5) is 13.1. The molecule has 1 aliphatic carbocycles. The van der Waals surface area contributed by atoms with Gasteiger partial charge in [0.1, 0.15) is 0 Å². The Hall–Kier alpha value is -1.75. The van der Waals surface area contributed by atoms with E-state index in [1.165, 1.54) is 22.7 Å². The van der Waals surface area contributed by atoms with Gasteiger partial charge < -0.3 is 5.32 Å². The number of amides is 1. The van der Waals surface area contributed by atoms with E-state index in [-0.39, 0.29) is 5.91 Å². The molecule has 0 saturated heterocycles. The van der Waals surface area contributed by atoms with Crippen molar-refractivity contribution in [2.24, 2.45) is 0 Å². The lowest BCUT2D eigenvalue weighted by atomic mass is 9.97. The van der Waals surface area contributed by atoms with E-state index in [1.54, 1.807) is 0 Å². The average Bonchev–Trinajstić information content (AvgIpc) is 3.04. The van der Waals surface area contributed by atoms with E-state index in [9.17, 15) is 4.79 Å². The Balaban J connectivity index is 1.57. The molecule has 1 heterocycles. The summed E-state index contributed by atoms with van der Waals surface area (Å²) in [7, 11) is 0. The summed E-state index contributed by atoms with van der Waals surface area (Å²) < 4.78 is 3.87. The lowest BCUT2D eigenvalue weighted by Crippen LogP contribution is -2.24. The van der Waals surface area contributed by atoms with Crippen LogP contribution in [0.5, 0.6) is 0 Å². The molecule has 1 amide bonds. The molecule has 4 nitrogen and oxygen atoms in total. The molecule has 1 N–H and O–H groups in total. The van der Waals surface area contributed by atoms with Crippen molar-refractivity contribution in [3.63, 3.8) is 0 Å². The highest BCUT2D eigenvalue weighted by molar-refractivity contribution is 7.05. The number of nitrogens with zero attached hydrogens (tertiary/aromatic N) is 2. The van der Waals surface area contributed by atoms with E-state index in [1.807, 2.05) is 6.92 Å². The van der Waals surface area contributed by atoms with Gasteiger partial charge >= 0.3 is 0 Å². The fourth-order valence-corrected chi connectivity index (χ4v) is 3.32. The monoisotopic (exact) mass is 287 g/mol. The highest BCUT2D eigenvalue weighted by Gasteiger charge is 2.24. The van der Waals surface area contributed by atoms with Gasteiger partial charge in [0.15, 0.2) is 0 Å². The molecule has 0 radical (unpaired) electrons. The first-order valence-corrected chi connectivity index (χ1v) is 7.63. The molecule has 0 unspecified atom stereocenters. The Kier molecular flexibility index (Phi) is 3.78. The topological polar surface area (TPSA) is 54.9 Å². The maximum absolute atomic E-state index is 12.1. The van der Waals surface area contributed by atoms with Gasteiger partial charge in [-0.15, -0.1) is 5.10 Å². The molecule has 104 valence electrons. The minimum absolute atomic E-state index is 0.111. The Bertz CT molecular complexity index is 623. The first-order valence-electron chi connectivity index (χ1n) is 6.86. The third-order valence-corrected chi connectivity index (χ3v) is 4.70. The number of aromatic nitrogens is 2. The van der Waals surface area contributed by atoms with Crippen LogP contribution in [0.3, 0.4) is 0 Å². The second-order valence-electron chi connectivity index (χ2n) is 5.20. The van der Waals surface area contributed by atoms with E-state index in [4.69, 9.17) is 0 Å². The van der Waals surface area contributed by atoms with Crippen LogP contribution in [0.1, 0.15) is 40.5 Å². The van der Waals surface area contributed by atoms with Crippen LogP contribution in [0.4, 0.5) is 0 Å². The maximum atomic E-state index is 12.1. The van der Waals surface area contributed by atoms with Crippen molar-refractivity contribution < 1.29 is 4.79 Å². The van der Waals surface area contributed by atoms with Crippen molar-refractivity contribution in [3.8, 4) is 0 Å². The molecule has 0 spiro atoms. The van der Waals surface area contributed by atoms with Gasteiger partial charge in [-0.25, -0.2) is 0 Å². The minimum atomic E-state index is 0.111. The number of benzene rings is 1. The number of fused-ring (bicyclic) bond motifs is 1. The Morgan fingerprint density at radius 3 is 3.10 bits per heavy atom. The van der Waals surface area contributed by atoms with Crippen LogP contribution in [0.2, 0.25) is 0 Å². The molecule has 3 rings (SSSR count). The Labute approximate surface area is 122 Å². The Morgan fingerprint density at radius 2 is 2.30 bits per heavy atom. The summed E-state index contributed by atoms with van der Waals surface area (Å²) >= 11 is 1.35. The number of aryl methyl sites for hydroxylation is 2. The summed E-state index contributed by atoms with van der Waals surface area (Å²) in [6.07, 6.45) is 2.74. The Morgan fingerprint density at radius 1 is 1.45 bits per heavy atom. The maximum Gasteiger partial charge on any atom is 0.220 e. The summed E-state index contributed by atoms with van der Waals surface area (Å²) in [5.74, 6) is 0.478. The number of carbonyl (C=O) groups is 1. The van der Waals surface area contributed by atoms with Crippen molar-refractivity contribution >= 4 is 17.4 Å². The van der Waals surface area contributed by atoms with E-state index in [0.29, 0.717) is 18.9 Å². The highest BCUT2D eigenvalue weighted by Crippen LogP contribution is 2.35. The zero-order chi connectivity index (χ0) is 13.9. The molecular formula is C15H17N3OS. The SMILES string of the molecule is Cc1nnsc1CNC(=O)C[C@@H]1CCc2ccccc21. The molecular weight excluding hydrogens is 270 g/mol. The molecule has 2 aromatic rings. The van der Waals surface area contributed by atoms with Crippen molar-refractivity contribution in [1.82, 2.24) is 14.9 Å². The van der Waals surface area contributed by atoms with Crippen LogP contribution in [-0.2, 0) is 17.8 Å². The van der Waals surface area contributed by atoms with Gasteiger partial charge in [-0.3, -0.25) is 4.79 Å². The largest absolute Gasteiger partial charge is 0.351 e. The third kappa shape index (κ3) is 2.72. The molecule has 0 bridgehead atoms. The molecule has 1 aromatic carbocycles. The summed E-state index contributed by atoms with van der Waals surface area (Å²) in [6, 6.07) is 8.44. The average molecular weight is 287 g/mol. The zero-order valence-corrected chi connectivity index (χ0v) is 12.2. The van der Waals surface area contributed by atoms with Crippen LogP contribution in [0.15, 0.2) is 24.3 Å². The van der Waals surface area contributed by atoms with E-state index < -0.39 is 0 Å². The van der Waals surface area contributed by atoms with Crippen LogP contribution >= 0.6 is 11.5 Å². The molecule has 5 heteroatoms. The number of hydrogen-bond donors (Lipinski definition) is 1. The van der Waals surface area contributed by atoms with Gasteiger partial charge in [-0.2, -0.15) is 0 Å². The van der Waals surface area contributed by atoms with Crippen LogP contribution in [0, 0.1) is 6.92 Å². The fraction of sp³-hybridized carbons (Fsp3) is 0.400. The lowest BCUT2D eigenvalue weighted by molar-refractivity contribution is -0.121. The van der Waals surface area contributed by atoms with Gasteiger partial charge in [0.2, 0.25) is 5.91 Å². The second-order valence-corrected chi connectivity index (χ2v) is 6.04. The minimum Gasteiger partial charge on any atom is -0.351 e. The van der Waals surface area contributed by atoms with Gasteiger partial charge in [0, 0.05) is 6.42 Å². The van der Waals surface area contributed by atoms with E-state index >= 15 is 0 Å². The normalized spacial score (nSPS) is 16.9. The van der Waals surface area contributed by atoms with Crippen molar-refractivity contribution in [3.05, 3.63) is 46.0 Å². The van der Waals surface area contributed by atoms with E-state index in [0.717, 1.165) is 23.4 Å². The number of carbonyl (C=O) groups excluding carboxylic acids is 1. The first-order chi connectivity index (χ1) is 9.74. The standard InChI is InChI=1S/C15H17N3OS/c1-10-14(20-18-17-10)9-16-15(19)8-12-7-6-11-4-2-3-5-13(11)12/h2-5,12H,6-9H2,1H3,(H,16,19)/t12-/m0/s1. The molecule has 0 aliphatic heterocycles. The molecule has 1 aromatic heterocycles. The molecule has 1 aliphatic rings. The molecule has 1 atom stereocenters. The van der Waals surface area contributed by atoms with Crippen LogP contribution in [-0.4, -0.2) is 15.5 Å². The zero-order valence-electron chi connectivity index (χ0n) is 11.4. The van der Waals surface area contributed by atoms with Gasteiger partial charge in [-0.05, 0) is 48.3 Å². The number of nitrogens with one attached hydrogen (secondary N) is 1. The van der Waals surface area contributed by atoms with Crippen LogP contribution < -0.4 is 5.32 Å². The summed E-state index contributed by atoms with van der Waals surface area (Å²) in [5, 5.41) is 6.92. The van der Waals surface area contributed by atoms with Crippen molar-refractivity contribution in [2.45, 2.75) is 38.6 Å². The quantitative estimate of drug-likeness (QED) is 0.940. The lowest BCUT2D eigenvalue weighted by Gasteiger charge is -2.11. The van der Waals surface area contributed by atoms with Crippen molar-refractivity contribution in [2.75, 3.05) is 0 Å². The fourth-order valence-electron chi connectivity index (χ4n) is 2.75. The predicted molar refractivity (Wildman–Crippen MR) is 78.6 cm³/mol. The summed E-state index contributed by atoms with van der Waals surface area (Å²) in [5.41, 5.74) is 3.65. The number of hydrogen-bond acceptors (Lipinski definition) is 4. The number of rotatable bonds is 4. The second kappa shape index (κ2) is 5.71. The smallest absolute Gasteiger partial charge is 0.220 e. The molecule has 0 fully saturated rings. The van der Waals surface area contributed by atoms with Gasteiger partial charge in [0.25, 0.3) is 0 Å². The third-order valence-electron chi connectivity index (χ3n) is 3.88. The predicted octanol–water partition coefficient (Wildman–Crippen LogP) is 2.58. The van der Waals surface area contributed by atoms with Crippen LogP contribution in [0.25, 0.3) is 0 Å².